The quantitative estimate of drug-likeness (QED) is 0.236. The zero-order chi connectivity index (χ0) is 15.7. The van der Waals surface area contributed by atoms with Gasteiger partial charge in [0.25, 0.3) is 0 Å². The van der Waals surface area contributed by atoms with Crippen molar-refractivity contribution in [2.75, 3.05) is 19.8 Å². The Bertz CT molecular complexity index is 327. The molecule has 1 aliphatic rings. The van der Waals surface area contributed by atoms with Gasteiger partial charge in [0.05, 0.1) is 19.8 Å². The maximum Gasteiger partial charge on any atom is 0.230 e. The van der Waals surface area contributed by atoms with Crippen molar-refractivity contribution in [2.24, 2.45) is 0 Å². The molecule has 20 heavy (non-hydrogen) atoms. The molecular formula is C10H20O10. The van der Waals surface area contributed by atoms with Gasteiger partial charge in [-0.2, -0.15) is 0 Å². The number of ether oxygens (including phenoxy) is 1. The Morgan fingerprint density at radius 1 is 0.950 bits per heavy atom. The highest BCUT2D eigenvalue weighted by Gasteiger charge is 2.69. The number of aliphatic hydroxyl groups excluding tert-OH is 7. The molecule has 1 aliphatic heterocycles. The molecule has 1 rings (SSSR count). The summed E-state index contributed by atoms with van der Waals surface area (Å²) >= 11 is 0. The first kappa shape index (κ1) is 17.7. The van der Waals surface area contributed by atoms with Crippen LogP contribution in [0.1, 0.15) is 0 Å². The molecule has 1 heterocycles. The molecule has 0 bridgehead atoms. The fourth-order valence-corrected chi connectivity index (χ4v) is 2.26. The van der Waals surface area contributed by atoms with Gasteiger partial charge in [0, 0.05) is 0 Å². The summed E-state index contributed by atoms with van der Waals surface area (Å²) in [5.41, 5.74) is -3.10. The van der Waals surface area contributed by atoms with Crippen LogP contribution in [0.2, 0.25) is 0 Å². The summed E-state index contributed by atoms with van der Waals surface area (Å²) in [5, 5.41) is 86.0. The largest absolute Gasteiger partial charge is 0.394 e. The summed E-state index contributed by atoms with van der Waals surface area (Å²) in [4.78, 5) is 0. The molecule has 0 aromatic carbocycles. The number of aliphatic hydroxyl groups is 9. The highest BCUT2D eigenvalue weighted by Crippen LogP contribution is 2.41. The number of hydrogen-bond acceptors (Lipinski definition) is 10. The highest BCUT2D eigenvalue weighted by molar-refractivity contribution is 5.13. The first-order valence-corrected chi connectivity index (χ1v) is 5.88. The lowest BCUT2D eigenvalue weighted by Crippen LogP contribution is -2.80. The number of rotatable bonds is 5. The summed E-state index contributed by atoms with van der Waals surface area (Å²) in [7, 11) is 0. The van der Waals surface area contributed by atoms with Gasteiger partial charge < -0.3 is 50.7 Å². The molecule has 0 saturated carbocycles. The minimum Gasteiger partial charge on any atom is -0.394 e. The van der Waals surface area contributed by atoms with Crippen LogP contribution in [0.5, 0.6) is 0 Å². The van der Waals surface area contributed by atoms with Crippen molar-refractivity contribution in [3.05, 3.63) is 0 Å². The number of hydrogen-bond donors (Lipinski definition) is 9. The molecule has 7 atom stereocenters. The average molecular weight is 300 g/mol. The highest BCUT2D eigenvalue weighted by atomic mass is 16.7. The summed E-state index contributed by atoms with van der Waals surface area (Å²) in [6, 6.07) is 0. The average Bonchev–Trinajstić information content (AvgIpc) is 2.46. The van der Waals surface area contributed by atoms with Gasteiger partial charge in [-0.3, -0.25) is 0 Å². The SMILES string of the molecule is OCC(O)C1(O)O[C@H](CO)[C@@H](O)[C@H](O)[C@@]1(O)C(O)CO. The van der Waals surface area contributed by atoms with E-state index in [0.29, 0.717) is 0 Å². The molecule has 10 nitrogen and oxygen atoms in total. The molecule has 0 spiro atoms. The molecule has 3 unspecified atom stereocenters. The normalized spacial score (nSPS) is 45.1. The molecule has 10 heteroatoms. The Hall–Kier alpha value is -0.400. The molecular weight excluding hydrogens is 280 g/mol. The maximum absolute atomic E-state index is 10.3. The zero-order valence-corrected chi connectivity index (χ0v) is 10.4. The van der Waals surface area contributed by atoms with Crippen LogP contribution in [-0.4, -0.2) is 108 Å². The van der Waals surface area contributed by atoms with E-state index in [1.165, 1.54) is 0 Å². The van der Waals surface area contributed by atoms with E-state index in [-0.39, 0.29) is 0 Å². The van der Waals surface area contributed by atoms with Gasteiger partial charge in [-0.15, -0.1) is 0 Å². The topological polar surface area (TPSA) is 191 Å². The van der Waals surface area contributed by atoms with E-state index in [1.54, 1.807) is 0 Å². The monoisotopic (exact) mass is 300 g/mol. The molecule has 9 N–H and O–H groups in total. The lowest BCUT2D eigenvalue weighted by molar-refractivity contribution is -0.429. The van der Waals surface area contributed by atoms with Crippen molar-refractivity contribution in [2.45, 2.75) is 41.9 Å². The van der Waals surface area contributed by atoms with Gasteiger partial charge in [0.1, 0.15) is 30.5 Å². The van der Waals surface area contributed by atoms with Gasteiger partial charge in [0.2, 0.25) is 5.79 Å². The van der Waals surface area contributed by atoms with E-state index in [9.17, 15) is 30.6 Å². The predicted octanol–water partition coefficient (Wildman–Crippen LogP) is -5.77. The molecule has 0 aromatic rings. The standard InChI is InChI=1S/C10H20O10/c11-1-4-7(16)8(17)9(18,5(14)2-12)10(19,20-4)6(15)3-13/h4-8,11-19H,1-3H2/t4-,5?,6?,7-,8+,9+,10?/m1/s1. The van der Waals surface area contributed by atoms with Crippen LogP contribution in [0, 0.1) is 0 Å². The molecule has 0 aromatic heterocycles. The van der Waals surface area contributed by atoms with Crippen molar-refractivity contribution in [3.63, 3.8) is 0 Å². The van der Waals surface area contributed by atoms with Crippen LogP contribution >= 0.6 is 0 Å². The van der Waals surface area contributed by atoms with E-state index in [4.69, 9.17) is 20.1 Å². The van der Waals surface area contributed by atoms with Gasteiger partial charge in [-0.05, 0) is 0 Å². The Labute approximate surface area is 113 Å². The van der Waals surface area contributed by atoms with Gasteiger partial charge in [0.15, 0.2) is 5.60 Å². The summed E-state index contributed by atoms with van der Waals surface area (Å²) in [5.74, 6) is -3.13. The Balaban J connectivity index is 3.33. The first-order valence-electron chi connectivity index (χ1n) is 5.88. The summed E-state index contributed by atoms with van der Waals surface area (Å²) in [6.07, 6.45) is -10.2. The van der Waals surface area contributed by atoms with Gasteiger partial charge in [-0.1, -0.05) is 0 Å². The Morgan fingerprint density at radius 2 is 1.45 bits per heavy atom. The second-order valence-corrected chi connectivity index (χ2v) is 4.69. The minimum atomic E-state index is -3.13. The van der Waals surface area contributed by atoms with Crippen LogP contribution < -0.4 is 0 Å². The third-order valence-electron chi connectivity index (χ3n) is 3.55. The van der Waals surface area contributed by atoms with Crippen LogP contribution in [0.25, 0.3) is 0 Å². The fourth-order valence-electron chi connectivity index (χ4n) is 2.26. The Morgan fingerprint density at radius 3 is 1.85 bits per heavy atom. The third-order valence-corrected chi connectivity index (χ3v) is 3.55. The van der Waals surface area contributed by atoms with Gasteiger partial charge >= 0.3 is 0 Å². The van der Waals surface area contributed by atoms with E-state index in [1.807, 2.05) is 0 Å². The lowest BCUT2D eigenvalue weighted by atomic mass is 9.74. The minimum absolute atomic E-state index is 0.885. The predicted molar refractivity (Wildman–Crippen MR) is 60.1 cm³/mol. The molecule has 120 valence electrons. The van der Waals surface area contributed by atoms with Crippen LogP contribution in [-0.2, 0) is 4.74 Å². The van der Waals surface area contributed by atoms with E-state index < -0.39 is 61.7 Å². The zero-order valence-electron chi connectivity index (χ0n) is 10.4. The lowest BCUT2D eigenvalue weighted by Gasteiger charge is -2.55. The Kier molecular flexibility index (Phi) is 5.43. The fraction of sp³-hybridized carbons (Fsp3) is 1.00. The molecule has 0 aliphatic carbocycles. The van der Waals surface area contributed by atoms with Crippen LogP contribution in [0.4, 0.5) is 0 Å². The summed E-state index contributed by atoms with van der Waals surface area (Å²) < 4.78 is 4.76. The summed E-state index contributed by atoms with van der Waals surface area (Å²) in [6.45, 7) is -3.16. The molecule has 0 amide bonds. The third kappa shape index (κ3) is 2.33. The maximum atomic E-state index is 10.3. The molecule has 0 radical (unpaired) electrons. The van der Waals surface area contributed by atoms with Crippen LogP contribution in [0.3, 0.4) is 0 Å². The van der Waals surface area contributed by atoms with Crippen LogP contribution in [0.15, 0.2) is 0 Å². The van der Waals surface area contributed by atoms with Crippen molar-refractivity contribution in [1.29, 1.82) is 0 Å². The van der Waals surface area contributed by atoms with E-state index >= 15 is 0 Å². The van der Waals surface area contributed by atoms with Crippen molar-refractivity contribution in [3.8, 4) is 0 Å². The van der Waals surface area contributed by atoms with E-state index in [2.05, 4.69) is 0 Å². The molecule has 1 fully saturated rings. The van der Waals surface area contributed by atoms with Crippen molar-refractivity contribution >= 4 is 0 Å². The first-order chi connectivity index (χ1) is 9.20. The second kappa shape index (κ2) is 6.15. The van der Waals surface area contributed by atoms with Crippen molar-refractivity contribution in [1.82, 2.24) is 0 Å². The van der Waals surface area contributed by atoms with Gasteiger partial charge in [-0.25, -0.2) is 0 Å². The molecule has 1 saturated heterocycles. The smallest absolute Gasteiger partial charge is 0.230 e. The van der Waals surface area contributed by atoms with Crippen molar-refractivity contribution < 1.29 is 50.7 Å². The van der Waals surface area contributed by atoms with E-state index in [0.717, 1.165) is 0 Å². The second-order valence-electron chi connectivity index (χ2n) is 4.69.